The molecule has 0 saturated carbocycles. The smallest absolute Gasteiger partial charge is 0.397 e. The number of pyridine rings is 1. The first-order chi connectivity index (χ1) is 11.6. The molecule has 0 fully saturated rings. The van der Waals surface area contributed by atoms with Crippen LogP contribution in [0.5, 0.6) is 0 Å². The number of alkyl halides is 3. The zero-order valence-corrected chi connectivity index (χ0v) is 13.4. The van der Waals surface area contributed by atoms with Gasteiger partial charge in [-0.05, 0) is 30.7 Å². The molecule has 25 heavy (non-hydrogen) atoms. The van der Waals surface area contributed by atoms with Gasteiger partial charge in [-0.1, -0.05) is 0 Å². The number of carbonyl (C=O) groups is 1. The number of aryl methyl sites for hydroxylation is 1. The van der Waals surface area contributed by atoms with Crippen LogP contribution in [0.3, 0.4) is 0 Å². The second-order valence-electron chi connectivity index (χ2n) is 5.30. The summed E-state index contributed by atoms with van der Waals surface area (Å²) in [5.74, 6) is -2.78. The van der Waals surface area contributed by atoms with Crippen LogP contribution in [0.2, 0.25) is 0 Å². The van der Waals surface area contributed by atoms with Crippen molar-refractivity contribution in [2.24, 2.45) is 0 Å². The van der Waals surface area contributed by atoms with E-state index in [9.17, 15) is 26.7 Å². The number of thiophene rings is 1. The van der Waals surface area contributed by atoms with E-state index in [0.717, 1.165) is 18.2 Å². The third-order valence-electron chi connectivity index (χ3n) is 3.57. The van der Waals surface area contributed by atoms with Gasteiger partial charge >= 0.3 is 6.18 Å². The summed E-state index contributed by atoms with van der Waals surface area (Å²) in [4.78, 5) is 15.8. The average Bonchev–Trinajstić information content (AvgIpc) is 2.83. The van der Waals surface area contributed by atoms with Crippen LogP contribution in [-0.4, -0.2) is 10.8 Å². The van der Waals surface area contributed by atoms with Crippen molar-refractivity contribution in [1.29, 1.82) is 0 Å². The van der Waals surface area contributed by atoms with Gasteiger partial charge in [-0.3, -0.25) is 4.79 Å². The molecule has 0 unspecified atom stereocenters. The topological polar surface area (TPSA) is 56.0 Å². The molecule has 0 aliphatic rings. The first-order valence-corrected chi connectivity index (χ1v) is 7.68. The molecule has 0 saturated heterocycles. The molecule has 0 amide bonds. The number of ketones is 1. The lowest BCUT2D eigenvalue weighted by atomic mass is 10.1. The highest BCUT2D eigenvalue weighted by molar-refractivity contribution is 7.21. The van der Waals surface area contributed by atoms with E-state index in [4.69, 9.17) is 5.73 Å². The van der Waals surface area contributed by atoms with Crippen LogP contribution in [0.1, 0.15) is 26.5 Å². The molecule has 3 aromatic rings. The van der Waals surface area contributed by atoms with Crippen molar-refractivity contribution >= 4 is 33.0 Å². The normalized spacial score (nSPS) is 11.9. The standard InChI is InChI=1S/C16H9F5N2OS/c1-6-4-10(16(19,20)21)23-15-11(6)12(22)14(25-15)13(24)8-3-2-7(17)5-9(8)18/h2-5H,22H2,1H3. The van der Waals surface area contributed by atoms with E-state index in [2.05, 4.69) is 4.98 Å². The van der Waals surface area contributed by atoms with Crippen LogP contribution in [0.25, 0.3) is 10.2 Å². The van der Waals surface area contributed by atoms with Crippen LogP contribution in [-0.2, 0) is 6.18 Å². The Morgan fingerprint density at radius 2 is 1.88 bits per heavy atom. The van der Waals surface area contributed by atoms with Crippen molar-refractivity contribution < 1.29 is 26.7 Å². The maximum absolute atomic E-state index is 13.8. The third-order valence-corrected chi connectivity index (χ3v) is 4.67. The van der Waals surface area contributed by atoms with Gasteiger partial charge in [0.2, 0.25) is 5.78 Å². The Labute approximate surface area is 141 Å². The van der Waals surface area contributed by atoms with Crippen molar-refractivity contribution in [3.05, 3.63) is 57.6 Å². The highest BCUT2D eigenvalue weighted by atomic mass is 32.1. The molecule has 1 aromatic carbocycles. The number of fused-ring (bicyclic) bond motifs is 1. The van der Waals surface area contributed by atoms with Gasteiger partial charge < -0.3 is 5.73 Å². The molecule has 0 aliphatic heterocycles. The number of rotatable bonds is 2. The molecule has 9 heteroatoms. The number of benzene rings is 1. The Balaban J connectivity index is 2.19. The Bertz CT molecular complexity index is 1010. The molecule has 0 bridgehead atoms. The zero-order chi connectivity index (χ0) is 18.5. The van der Waals surface area contributed by atoms with Crippen molar-refractivity contribution in [1.82, 2.24) is 4.98 Å². The van der Waals surface area contributed by atoms with E-state index in [1.165, 1.54) is 6.92 Å². The van der Waals surface area contributed by atoms with Gasteiger partial charge in [0.05, 0.1) is 11.3 Å². The number of nitrogens with two attached hydrogens (primary N) is 1. The number of nitrogens with zero attached hydrogens (tertiary/aromatic N) is 1. The van der Waals surface area contributed by atoms with Gasteiger partial charge in [0.1, 0.15) is 27.0 Å². The number of hydrogen-bond donors (Lipinski definition) is 1. The minimum absolute atomic E-state index is 0.0734. The van der Waals surface area contributed by atoms with E-state index < -0.39 is 34.9 Å². The largest absolute Gasteiger partial charge is 0.433 e. The molecule has 2 N–H and O–H groups in total. The highest BCUT2D eigenvalue weighted by Gasteiger charge is 2.34. The second-order valence-corrected chi connectivity index (χ2v) is 6.30. The SMILES string of the molecule is Cc1cc(C(F)(F)F)nc2sc(C(=O)c3ccc(F)cc3F)c(N)c12. The molecule has 2 aromatic heterocycles. The summed E-state index contributed by atoms with van der Waals surface area (Å²) in [6.07, 6.45) is -4.65. The monoisotopic (exact) mass is 372 g/mol. The van der Waals surface area contributed by atoms with Crippen LogP contribution in [0, 0.1) is 18.6 Å². The first-order valence-electron chi connectivity index (χ1n) is 6.86. The zero-order valence-electron chi connectivity index (χ0n) is 12.5. The maximum atomic E-state index is 13.8. The first kappa shape index (κ1) is 17.3. The van der Waals surface area contributed by atoms with E-state index >= 15 is 0 Å². The van der Waals surface area contributed by atoms with Gasteiger partial charge in [0.25, 0.3) is 0 Å². The van der Waals surface area contributed by atoms with Crippen molar-refractivity contribution in [3.63, 3.8) is 0 Å². The fourth-order valence-corrected chi connectivity index (χ4v) is 3.54. The number of anilines is 1. The van der Waals surface area contributed by atoms with Crippen molar-refractivity contribution in [2.45, 2.75) is 13.1 Å². The molecular formula is C16H9F5N2OS. The van der Waals surface area contributed by atoms with E-state index in [-0.39, 0.29) is 26.3 Å². The molecular weight excluding hydrogens is 363 g/mol. The number of hydrogen-bond acceptors (Lipinski definition) is 4. The van der Waals surface area contributed by atoms with Crippen LogP contribution in [0.4, 0.5) is 27.6 Å². The van der Waals surface area contributed by atoms with Crippen LogP contribution < -0.4 is 5.73 Å². The molecule has 0 spiro atoms. The lowest BCUT2D eigenvalue weighted by molar-refractivity contribution is -0.141. The summed E-state index contributed by atoms with van der Waals surface area (Å²) in [5.41, 5.74) is 4.48. The molecule has 3 nitrogen and oxygen atoms in total. The lowest BCUT2D eigenvalue weighted by Gasteiger charge is -2.07. The fraction of sp³-hybridized carbons (Fsp3) is 0.125. The van der Waals surface area contributed by atoms with Crippen LogP contribution >= 0.6 is 11.3 Å². The van der Waals surface area contributed by atoms with Gasteiger partial charge in [-0.2, -0.15) is 13.2 Å². The molecule has 130 valence electrons. The van der Waals surface area contributed by atoms with Crippen molar-refractivity contribution in [2.75, 3.05) is 5.73 Å². The number of aromatic nitrogens is 1. The summed E-state index contributed by atoms with van der Waals surface area (Å²) in [6.45, 7) is 1.41. The predicted molar refractivity (Wildman–Crippen MR) is 83.6 cm³/mol. The van der Waals surface area contributed by atoms with E-state index in [1.54, 1.807) is 0 Å². The predicted octanol–water partition coefficient (Wildman–Crippen LogP) is 4.71. The number of carbonyl (C=O) groups excluding carboxylic acids is 1. The fourth-order valence-electron chi connectivity index (χ4n) is 2.42. The second kappa shape index (κ2) is 5.76. The Morgan fingerprint density at radius 1 is 1.20 bits per heavy atom. The summed E-state index contributed by atoms with van der Waals surface area (Å²) in [7, 11) is 0. The Kier molecular flexibility index (Phi) is 3.98. The van der Waals surface area contributed by atoms with Gasteiger partial charge in [-0.25, -0.2) is 13.8 Å². The van der Waals surface area contributed by atoms with E-state index in [1.807, 2.05) is 0 Å². The molecule has 3 rings (SSSR count). The highest BCUT2D eigenvalue weighted by Crippen LogP contribution is 2.39. The van der Waals surface area contributed by atoms with Crippen molar-refractivity contribution in [3.8, 4) is 0 Å². The number of halogens is 5. The van der Waals surface area contributed by atoms with Gasteiger partial charge in [-0.15, -0.1) is 11.3 Å². The Morgan fingerprint density at radius 3 is 2.48 bits per heavy atom. The minimum atomic E-state index is -4.65. The molecule has 2 heterocycles. The number of nitrogen functional groups attached to an aromatic ring is 1. The lowest BCUT2D eigenvalue weighted by Crippen LogP contribution is -2.08. The minimum Gasteiger partial charge on any atom is -0.397 e. The summed E-state index contributed by atoms with van der Waals surface area (Å²) >= 11 is 0.638. The van der Waals surface area contributed by atoms with Gasteiger partial charge in [0.15, 0.2) is 0 Å². The third kappa shape index (κ3) is 2.95. The summed E-state index contributed by atoms with van der Waals surface area (Å²) in [5, 5.41) is 0.212. The maximum Gasteiger partial charge on any atom is 0.433 e. The Hall–Kier alpha value is -2.55. The molecule has 0 atom stereocenters. The van der Waals surface area contributed by atoms with Gasteiger partial charge in [0, 0.05) is 11.5 Å². The average molecular weight is 372 g/mol. The van der Waals surface area contributed by atoms with Crippen LogP contribution in [0.15, 0.2) is 24.3 Å². The van der Waals surface area contributed by atoms with E-state index in [0.29, 0.717) is 17.4 Å². The quantitative estimate of drug-likeness (QED) is 0.523. The molecule has 0 radical (unpaired) electrons. The summed E-state index contributed by atoms with van der Waals surface area (Å²) in [6, 6.07) is 3.24. The summed E-state index contributed by atoms with van der Waals surface area (Å²) < 4.78 is 65.4. The molecule has 0 aliphatic carbocycles.